The second-order valence-electron chi connectivity index (χ2n) is 4.81. The lowest BCUT2D eigenvalue weighted by molar-refractivity contribution is -0.154. The fourth-order valence-corrected chi connectivity index (χ4v) is 1.87. The van der Waals surface area contributed by atoms with Crippen LogP contribution in [0.25, 0.3) is 0 Å². The highest BCUT2D eigenvalue weighted by atomic mass is 19.4. The average molecular weight is 356 g/mol. The van der Waals surface area contributed by atoms with E-state index in [1.807, 2.05) is 0 Å². The molecule has 25 heavy (non-hydrogen) atoms. The summed E-state index contributed by atoms with van der Waals surface area (Å²) in [6.45, 7) is -1.45. The van der Waals surface area contributed by atoms with Gasteiger partial charge in [0, 0.05) is 24.0 Å². The number of pyridine rings is 1. The Hall–Kier alpha value is -2.97. The fraction of sp³-hybridized carbons (Fsp3) is 0.250. The molecule has 0 aliphatic rings. The van der Waals surface area contributed by atoms with Gasteiger partial charge in [-0.25, -0.2) is 4.98 Å². The average Bonchev–Trinajstić information content (AvgIpc) is 2.59. The monoisotopic (exact) mass is 356 g/mol. The summed E-state index contributed by atoms with van der Waals surface area (Å²) in [4.78, 5) is 15.8. The van der Waals surface area contributed by atoms with Gasteiger partial charge >= 0.3 is 6.18 Å². The molecule has 0 aliphatic heterocycles. The number of amides is 1. The van der Waals surface area contributed by atoms with Crippen molar-refractivity contribution >= 4 is 11.6 Å². The first-order valence-electron chi connectivity index (χ1n) is 7.01. The third-order valence-electron chi connectivity index (χ3n) is 3.02. The number of hydrogen-bond acceptors (Lipinski definition) is 5. The van der Waals surface area contributed by atoms with E-state index >= 15 is 0 Å². The van der Waals surface area contributed by atoms with Crippen LogP contribution in [0.1, 0.15) is 10.4 Å². The lowest BCUT2D eigenvalue weighted by Crippen LogP contribution is -2.19. The number of rotatable bonds is 6. The molecule has 1 heterocycles. The Balaban J connectivity index is 2.03. The van der Waals surface area contributed by atoms with E-state index in [4.69, 9.17) is 9.47 Å². The van der Waals surface area contributed by atoms with Crippen molar-refractivity contribution in [2.75, 3.05) is 26.1 Å². The predicted octanol–water partition coefficient (Wildman–Crippen LogP) is 3.29. The van der Waals surface area contributed by atoms with Crippen LogP contribution < -0.4 is 19.5 Å². The molecule has 0 unspecified atom stereocenters. The number of methoxy groups -OCH3 is 2. The smallest absolute Gasteiger partial charge is 0.422 e. The summed E-state index contributed by atoms with van der Waals surface area (Å²) >= 11 is 0. The summed E-state index contributed by atoms with van der Waals surface area (Å²) in [5.74, 6) is 0.240. The zero-order valence-corrected chi connectivity index (χ0v) is 13.4. The van der Waals surface area contributed by atoms with Crippen molar-refractivity contribution in [3.05, 3.63) is 42.1 Å². The van der Waals surface area contributed by atoms with Crippen molar-refractivity contribution in [1.29, 1.82) is 0 Å². The summed E-state index contributed by atoms with van der Waals surface area (Å²) < 4.78 is 50.9. The normalized spacial score (nSPS) is 10.9. The molecular formula is C16H15F3N2O4. The quantitative estimate of drug-likeness (QED) is 0.860. The summed E-state index contributed by atoms with van der Waals surface area (Å²) in [6, 6.07) is 7.32. The molecule has 1 aromatic heterocycles. The molecule has 0 saturated heterocycles. The molecule has 2 aromatic rings. The van der Waals surface area contributed by atoms with E-state index < -0.39 is 18.7 Å². The van der Waals surface area contributed by atoms with E-state index in [2.05, 4.69) is 15.0 Å². The number of halogens is 3. The molecule has 6 nitrogen and oxygen atoms in total. The van der Waals surface area contributed by atoms with Gasteiger partial charge in [0.1, 0.15) is 0 Å². The highest BCUT2D eigenvalue weighted by molar-refractivity contribution is 6.04. The van der Waals surface area contributed by atoms with Gasteiger partial charge < -0.3 is 19.5 Å². The van der Waals surface area contributed by atoms with Crippen LogP contribution in [-0.2, 0) is 0 Å². The molecule has 9 heteroatoms. The minimum atomic E-state index is -4.45. The summed E-state index contributed by atoms with van der Waals surface area (Å²) in [5, 5.41) is 2.62. The number of nitrogens with zero attached hydrogens (tertiary/aromatic N) is 1. The van der Waals surface area contributed by atoms with Gasteiger partial charge in [0.15, 0.2) is 18.1 Å². The van der Waals surface area contributed by atoms with Crippen molar-refractivity contribution in [3.8, 4) is 17.4 Å². The van der Waals surface area contributed by atoms with Crippen LogP contribution in [0.2, 0.25) is 0 Å². The number of benzene rings is 1. The third-order valence-corrected chi connectivity index (χ3v) is 3.02. The Morgan fingerprint density at radius 2 is 1.84 bits per heavy atom. The fourth-order valence-electron chi connectivity index (χ4n) is 1.87. The second-order valence-corrected chi connectivity index (χ2v) is 4.81. The number of anilines is 1. The van der Waals surface area contributed by atoms with Crippen LogP contribution in [0.4, 0.5) is 18.9 Å². The first kappa shape index (κ1) is 18.4. The van der Waals surface area contributed by atoms with Crippen LogP contribution >= 0.6 is 0 Å². The standard InChI is InChI=1S/C16H15F3N2O4/c1-23-12-5-4-11(7-13(12)24-2)21-15(22)10-3-6-14(20-8-10)25-9-16(17,18)19/h3-8H,9H2,1-2H3,(H,21,22). The molecule has 0 radical (unpaired) electrons. The zero-order chi connectivity index (χ0) is 18.4. The van der Waals surface area contributed by atoms with E-state index in [9.17, 15) is 18.0 Å². The number of ether oxygens (including phenoxy) is 3. The van der Waals surface area contributed by atoms with Gasteiger partial charge in [-0.05, 0) is 18.2 Å². The Morgan fingerprint density at radius 3 is 2.40 bits per heavy atom. The van der Waals surface area contributed by atoms with Crippen LogP contribution in [-0.4, -0.2) is 37.9 Å². The van der Waals surface area contributed by atoms with Gasteiger partial charge in [-0.1, -0.05) is 0 Å². The molecule has 1 aromatic carbocycles. The molecule has 0 saturated carbocycles. The third kappa shape index (κ3) is 5.27. The van der Waals surface area contributed by atoms with Gasteiger partial charge in [0.05, 0.1) is 19.8 Å². The van der Waals surface area contributed by atoms with Crippen molar-refractivity contribution in [2.45, 2.75) is 6.18 Å². The Morgan fingerprint density at radius 1 is 1.12 bits per heavy atom. The molecule has 0 fully saturated rings. The molecule has 0 atom stereocenters. The summed E-state index contributed by atoms with van der Waals surface area (Å²) in [6.07, 6.45) is -3.33. The number of aromatic nitrogens is 1. The predicted molar refractivity (Wildman–Crippen MR) is 83.3 cm³/mol. The molecule has 1 amide bonds. The number of nitrogens with one attached hydrogen (secondary N) is 1. The molecule has 134 valence electrons. The van der Waals surface area contributed by atoms with Crippen LogP contribution in [0, 0.1) is 0 Å². The lowest BCUT2D eigenvalue weighted by atomic mass is 10.2. The first-order chi connectivity index (χ1) is 11.8. The largest absolute Gasteiger partial charge is 0.493 e. The second kappa shape index (κ2) is 7.73. The minimum absolute atomic E-state index is 0.161. The number of carbonyl (C=O) groups excluding carboxylic acids is 1. The Kier molecular flexibility index (Phi) is 5.68. The lowest BCUT2D eigenvalue weighted by Gasteiger charge is -2.11. The van der Waals surface area contributed by atoms with Gasteiger partial charge in [-0.3, -0.25) is 4.79 Å². The van der Waals surface area contributed by atoms with Crippen LogP contribution in [0.5, 0.6) is 17.4 Å². The molecule has 0 bridgehead atoms. The van der Waals surface area contributed by atoms with Crippen molar-refractivity contribution in [3.63, 3.8) is 0 Å². The number of carbonyl (C=O) groups is 1. The van der Waals surface area contributed by atoms with Gasteiger partial charge in [-0.2, -0.15) is 13.2 Å². The van der Waals surface area contributed by atoms with Crippen molar-refractivity contribution in [2.24, 2.45) is 0 Å². The minimum Gasteiger partial charge on any atom is -0.493 e. The van der Waals surface area contributed by atoms with E-state index in [1.54, 1.807) is 18.2 Å². The van der Waals surface area contributed by atoms with Crippen LogP contribution in [0.15, 0.2) is 36.5 Å². The zero-order valence-electron chi connectivity index (χ0n) is 13.4. The Bertz CT molecular complexity index is 733. The van der Waals surface area contributed by atoms with Gasteiger partial charge in [0.2, 0.25) is 5.88 Å². The SMILES string of the molecule is COc1ccc(NC(=O)c2ccc(OCC(F)(F)F)nc2)cc1OC. The van der Waals surface area contributed by atoms with E-state index in [0.29, 0.717) is 17.2 Å². The van der Waals surface area contributed by atoms with Crippen molar-refractivity contribution in [1.82, 2.24) is 4.98 Å². The maximum Gasteiger partial charge on any atom is 0.422 e. The van der Waals surface area contributed by atoms with Crippen LogP contribution in [0.3, 0.4) is 0 Å². The van der Waals surface area contributed by atoms with E-state index in [0.717, 1.165) is 6.20 Å². The topological polar surface area (TPSA) is 69.7 Å². The number of alkyl halides is 3. The maximum absolute atomic E-state index is 12.2. The summed E-state index contributed by atoms with van der Waals surface area (Å²) in [7, 11) is 2.96. The maximum atomic E-state index is 12.2. The number of hydrogen-bond donors (Lipinski definition) is 1. The van der Waals surface area contributed by atoms with Gasteiger partial charge in [0.25, 0.3) is 5.91 Å². The van der Waals surface area contributed by atoms with E-state index in [1.165, 1.54) is 26.4 Å². The van der Waals surface area contributed by atoms with Gasteiger partial charge in [-0.15, -0.1) is 0 Å². The molecule has 1 N–H and O–H groups in total. The first-order valence-corrected chi connectivity index (χ1v) is 7.01. The Labute approximate surface area is 141 Å². The molecule has 0 aliphatic carbocycles. The molecule has 2 rings (SSSR count). The molecular weight excluding hydrogens is 341 g/mol. The summed E-state index contributed by atoms with van der Waals surface area (Å²) in [5.41, 5.74) is 0.620. The highest BCUT2D eigenvalue weighted by Gasteiger charge is 2.28. The van der Waals surface area contributed by atoms with E-state index in [-0.39, 0.29) is 11.4 Å². The molecule has 0 spiro atoms. The highest BCUT2D eigenvalue weighted by Crippen LogP contribution is 2.29. The van der Waals surface area contributed by atoms with Crippen molar-refractivity contribution < 1.29 is 32.2 Å².